The van der Waals surface area contributed by atoms with Gasteiger partial charge in [0.25, 0.3) is 0 Å². The minimum Gasteiger partial charge on any atom is -0.330 e. The van der Waals surface area contributed by atoms with Gasteiger partial charge in [-0.1, -0.05) is 80.4 Å². The van der Waals surface area contributed by atoms with E-state index in [2.05, 4.69) is 32.9 Å². The molecule has 0 aliphatic carbocycles. The molecule has 0 aliphatic heterocycles. The summed E-state index contributed by atoms with van der Waals surface area (Å²) in [6.45, 7) is 19.2. The lowest BCUT2D eigenvalue weighted by Gasteiger charge is -2.27. The molecule has 0 heterocycles. The SMILES string of the molecule is Cc1cc(C)c(S(=O)(=O)N(CCCN)CCCCN(Cc2ccc(C(C)(C)C)cc2)S(=O)(=O)c2c(C)cc(C)cc2C)c(C)c1. The van der Waals surface area contributed by atoms with Gasteiger partial charge >= 0.3 is 0 Å². The van der Waals surface area contributed by atoms with Crippen LogP contribution >= 0.6 is 0 Å². The van der Waals surface area contributed by atoms with E-state index in [9.17, 15) is 16.8 Å². The minimum atomic E-state index is -3.83. The molecule has 45 heavy (non-hydrogen) atoms. The van der Waals surface area contributed by atoms with Gasteiger partial charge in [0.1, 0.15) is 0 Å². The van der Waals surface area contributed by atoms with Gasteiger partial charge in [-0.2, -0.15) is 8.61 Å². The number of sulfonamides is 2. The van der Waals surface area contributed by atoms with E-state index in [0.29, 0.717) is 42.1 Å². The van der Waals surface area contributed by atoms with Crippen molar-refractivity contribution in [3.05, 3.63) is 93.0 Å². The second kappa shape index (κ2) is 14.9. The summed E-state index contributed by atoms with van der Waals surface area (Å²) >= 11 is 0. The monoisotopic (exact) mass is 655 g/mol. The van der Waals surface area contributed by atoms with Crippen molar-refractivity contribution in [3.8, 4) is 0 Å². The molecule has 3 aromatic carbocycles. The highest BCUT2D eigenvalue weighted by Crippen LogP contribution is 2.29. The molecule has 0 saturated carbocycles. The van der Waals surface area contributed by atoms with E-state index in [0.717, 1.165) is 38.9 Å². The van der Waals surface area contributed by atoms with Crippen LogP contribution in [0, 0.1) is 41.5 Å². The Kier molecular flexibility index (Phi) is 12.2. The van der Waals surface area contributed by atoms with E-state index in [-0.39, 0.29) is 25.0 Å². The van der Waals surface area contributed by atoms with Gasteiger partial charge in [0, 0.05) is 26.2 Å². The highest BCUT2D eigenvalue weighted by Gasteiger charge is 2.30. The molecule has 0 spiro atoms. The summed E-state index contributed by atoms with van der Waals surface area (Å²) in [5.41, 5.74) is 12.8. The minimum absolute atomic E-state index is 0.00775. The van der Waals surface area contributed by atoms with E-state index < -0.39 is 20.0 Å². The Labute approximate surface area is 272 Å². The van der Waals surface area contributed by atoms with Crippen molar-refractivity contribution in [1.29, 1.82) is 0 Å². The molecule has 0 aliphatic rings. The van der Waals surface area contributed by atoms with Crippen LogP contribution in [-0.2, 0) is 32.0 Å². The first kappa shape index (κ1) is 36.9. The molecule has 0 radical (unpaired) electrons. The third-order valence-electron chi connectivity index (χ3n) is 8.26. The fourth-order valence-corrected chi connectivity index (χ4v) is 10.0. The first-order chi connectivity index (χ1) is 20.9. The second-order valence-electron chi connectivity index (χ2n) is 13.5. The Morgan fingerprint density at radius 3 is 1.38 bits per heavy atom. The summed E-state index contributed by atoms with van der Waals surface area (Å²) < 4.78 is 59.3. The van der Waals surface area contributed by atoms with Crippen LogP contribution in [0.3, 0.4) is 0 Å². The largest absolute Gasteiger partial charge is 0.330 e. The summed E-state index contributed by atoms with van der Waals surface area (Å²) in [5, 5.41) is 0. The van der Waals surface area contributed by atoms with E-state index in [1.165, 1.54) is 9.87 Å². The number of hydrogen-bond donors (Lipinski definition) is 1. The summed E-state index contributed by atoms with van der Waals surface area (Å²) in [4.78, 5) is 0.690. The molecule has 0 bridgehead atoms. The standard InChI is InChI=1S/C36H53N3O4S2/c1-26-21-28(3)34(29(4)22-26)44(40,41)38(20-12-17-37)18-10-11-19-39(25-32-13-15-33(16-14-32)36(7,8)9)45(42,43)35-30(5)23-27(2)24-31(35)6/h13-16,21-24H,10-12,17-20,25,37H2,1-9H3. The number of rotatable bonds is 14. The van der Waals surface area contributed by atoms with Crippen molar-refractivity contribution in [1.82, 2.24) is 8.61 Å². The van der Waals surface area contributed by atoms with Crippen LogP contribution < -0.4 is 5.73 Å². The van der Waals surface area contributed by atoms with Crippen molar-refractivity contribution in [3.63, 3.8) is 0 Å². The van der Waals surface area contributed by atoms with Crippen molar-refractivity contribution >= 4 is 20.0 Å². The number of hydrogen-bond acceptors (Lipinski definition) is 5. The number of aryl methyl sites for hydroxylation is 6. The van der Waals surface area contributed by atoms with E-state index >= 15 is 0 Å². The smallest absolute Gasteiger partial charge is 0.243 e. The molecule has 7 nitrogen and oxygen atoms in total. The second-order valence-corrected chi connectivity index (χ2v) is 17.2. The average Bonchev–Trinajstić information content (AvgIpc) is 2.90. The van der Waals surface area contributed by atoms with Crippen LogP contribution in [0.2, 0.25) is 0 Å². The number of nitrogens with two attached hydrogens (primary N) is 1. The van der Waals surface area contributed by atoms with Gasteiger partial charge in [-0.25, -0.2) is 16.8 Å². The lowest BCUT2D eigenvalue weighted by atomic mass is 9.87. The molecule has 0 amide bonds. The molecule has 3 aromatic rings. The maximum absolute atomic E-state index is 14.2. The van der Waals surface area contributed by atoms with Gasteiger partial charge in [-0.15, -0.1) is 0 Å². The highest BCUT2D eigenvalue weighted by atomic mass is 32.2. The van der Waals surface area contributed by atoms with Gasteiger partial charge in [-0.05, 0) is 106 Å². The van der Waals surface area contributed by atoms with Crippen LogP contribution in [0.5, 0.6) is 0 Å². The maximum Gasteiger partial charge on any atom is 0.243 e. The van der Waals surface area contributed by atoms with Crippen LogP contribution in [0.4, 0.5) is 0 Å². The summed E-state index contributed by atoms with van der Waals surface area (Å²) in [7, 11) is -7.59. The van der Waals surface area contributed by atoms with E-state index in [1.54, 1.807) is 4.31 Å². The molecule has 2 N–H and O–H groups in total. The number of benzene rings is 3. The van der Waals surface area contributed by atoms with Gasteiger partial charge in [0.05, 0.1) is 9.79 Å². The molecule has 0 fully saturated rings. The zero-order chi connectivity index (χ0) is 33.7. The molecule has 0 unspecified atom stereocenters. The third-order valence-corrected chi connectivity index (χ3v) is 12.6. The summed E-state index contributed by atoms with van der Waals surface area (Å²) in [6, 6.07) is 15.8. The Bertz CT molecular complexity index is 1640. The first-order valence-corrected chi connectivity index (χ1v) is 18.7. The average molecular weight is 656 g/mol. The Balaban J connectivity index is 1.89. The predicted molar refractivity (Wildman–Crippen MR) is 186 cm³/mol. The van der Waals surface area contributed by atoms with Gasteiger partial charge < -0.3 is 5.73 Å². The van der Waals surface area contributed by atoms with Gasteiger partial charge in [-0.3, -0.25) is 0 Å². The molecule has 0 atom stereocenters. The molecule has 3 rings (SSSR count). The molecule has 0 aromatic heterocycles. The Hall–Kier alpha value is -2.56. The third kappa shape index (κ3) is 9.04. The maximum atomic E-state index is 14.2. The normalized spacial score (nSPS) is 12.8. The van der Waals surface area contributed by atoms with Gasteiger partial charge in [0.2, 0.25) is 20.0 Å². The Morgan fingerprint density at radius 2 is 0.978 bits per heavy atom. The van der Waals surface area contributed by atoms with Crippen molar-refractivity contribution in [2.24, 2.45) is 5.73 Å². The molecular weight excluding hydrogens is 603 g/mol. The van der Waals surface area contributed by atoms with E-state index in [1.807, 2.05) is 77.9 Å². The molecule has 248 valence electrons. The Morgan fingerprint density at radius 1 is 0.600 bits per heavy atom. The topological polar surface area (TPSA) is 101 Å². The summed E-state index contributed by atoms with van der Waals surface area (Å²) in [5.74, 6) is 0. The zero-order valence-corrected chi connectivity index (χ0v) is 30.3. The zero-order valence-electron chi connectivity index (χ0n) is 28.7. The lowest BCUT2D eigenvalue weighted by Crippen LogP contribution is -2.36. The fourth-order valence-electron chi connectivity index (χ4n) is 6.20. The van der Waals surface area contributed by atoms with Crippen molar-refractivity contribution in [2.75, 3.05) is 26.2 Å². The lowest BCUT2D eigenvalue weighted by molar-refractivity contribution is 0.363. The number of unbranched alkanes of at least 4 members (excludes halogenated alkanes) is 1. The molecule has 0 saturated heterocycles. The van der Waals surface area contributed by atoms with Crippen LogP contribution in [0.25, 0.3) is 0 Å². The van der Waals surface area contributed by atoms with Crippen LogP contribution in [0.1, 0.15) is 84.5 Å². The molecular formula is C36H53N3O4S2. The predicted octanol–water partition coefficient (Wildman–Crippen LogP) is 6.85. The quantitative estimate of drug-likeness (QED) is 0.192. The number of nitrogens with zero attached hydrogens (tertiary/aromatic N) is 2. The van der Waals surface area contributed by atoms with Gasteiger partial charge in [0.15, 0.2) is 0 Å². The highest BCUT2D eigenvalue weighted by molar-refractivity contribution is 7.89. The van der Waals surface area contributed by atoms with E-state index in [4.69, 9.17) is 5.73 Å². The first-order valence-electron chi connectivity index (χ1n) is 15.8. The van der Waals surface area contributed by atoms with Crippen molar-refractivity contribution < 1.29 is 16.8 Å². The van der Waals surface area contributed by atoms with Crippen LogP contribution in [0.15, 0.2) is 58.3 Å². The van der Waals surface area contributed by atoms with Crippen LogP contribution in [-0.4, -0.2) is 51.6 Å². The fraction of sp³-hybridized carbons (Fsp3) is 0.500. The summed E-state index contributed by atoms with van der Waals surface area (Å²) in [6.07, 6.45) is 1.55. The molecule has 9 heteroatoms. The van der Waals surface area contributed by atoms with Crippen molar-refractivity contribution in [2.45, 2.75) is 103 Å².